The standard InChI is InChI=1S/C19H18N4O2/c1-12(24)23-7-5-16-14(11-23)9-20-10-17(16)19(25)22-15-2-3-18-13(8-15)4-6-21-18/h2-4,6,8-10,21H,5,7,11H2,1H3,(H,22,25). The van der Waals surface area contributed by atoms with Crippen molar-refractivity contribution in [1.29, 1.82) is 0 Å². The first-order valence-corrected chi connectivity index (χ1v) is 8.21. The van der Waals surface area contributed by atoms with Crippen molar-refractivity contribution in [2.75, 3.05) is 11.9 Å². The highest BCUT2D eigenvalue weighted by Gasteiger charge is 2.23. The van der Waals surface area contributed by atoms with Crippen LogP contribution in [0.3, 0.4) is 0 Å². The SMILES string of the molecule is CC(=O)N1CCc2c(cncc2C(=O)Nc2ccc3[nH]ccc3c2)C1. The predicted molar refractivity (Wildman–Crippen MR) is 95.3 cm³/mol. The van der Waals surface area contributed by atoms with Gasteiger partial charge in [0.05, 0.1) is 5.56 Å². The normalized spacial score (nSPS) is 13.6. The van der Waals surface area contributed by atoms with Gasteiger partial charge in [-0.3, -0.25) is 14.6 Å². The van der Waals surface area contributed by atoms with Crippen molar-refractivity contribution < 1.29 is 9.59 Å². The number of fused-ring (bicyclic) bond motifs is 2. The number of aromatic nitrogens is 2. The van der Waals surface area contributed by atoms with E-state index in [2.05, 4.69) is 15.3 Å². The number of nitrogens with zero attached hydrogens (tertiary/aromatic N) is 2. The summed E-state index contributed by atoms with van der Waals surface area (Å²) in [4.78, 5) is 33.4. The summed E-state index contributed by atoms with van der Waals surface area (Å²) in [6, 6.07) is 7.71. The van der Waals surface area contributed by atoms with Crippen molar-refractivity contribution >= 4 is 28.4 Å². The van der Waals surface area contributed by atoms with Gasteiger partial charge >= 0.3 is 0 Å². The van der Waals surface area contributed by atoms with Crippen LogP contribution in [0.15, 0.2) is 42.9 Å². The van der Waals surface area contributed by atoms with Crippen molar-refractivity contribution in [2.45, 2.75) is 19.9 Å². The third-order valence-electron chi connectivity index (χ3n) is 4.64. The quantitative estimate of drug-likeness (QED) is 0.756. The molecule has 1 aliphatic rings. The molecular formula is C19H18N4O2. The van der Waals surface area contributed by atoms with Gasteiger partial charge in [0.25, 0.3) is 5.91 Å². The van der Waals surface area contributed by atoms with Crippen LogP contribution in [0.4, 0.5) is 5.69 Å². The molecule has 0 radical (unpaired) electrons. The molecule has 0 aliphatic carbocycles. The maximum absolute atomic E-state index is 12.7. The fraction of sp³-hybridized carbons (Fsp3) is 0.211. The zero-order valence-electron chi connectivity index (χ0n) is 13.9. The Balaban J connectivity index is 1.60. The van der Waals surface area contributed by atoms with E-state index in [-0.39, 0.29) is 11.8 Å². The number of carbonyl (C=O) groups is 2. The Hall–Kier alpha value is -3.15. The van der Waals surface area contributed by atoms with E-state index in [1.165, 1.54) is 0 Å². The summed E-state index contributed by atoms with van der Waals surface area (Å²) in [7, 11) is 0. The number of H-pyrrole nitrogens is 1. The van der Waals surface area contributed by atoms with Crippen LogP contribution >= 0.6 is 0 Å². The highest BCUT2D eigenvalue weighted by atomic mass is 16.2. The summed E-state index contributed by atoms with van der Waals surface area (Å²) in [6.45, 7) is 2.70. The lowest BCUT2D eigenvalue weighted by Crippen LogP contribution is -2.35. The van der Waals surface area contributed by atoms with Crippen LogP contribution < -0.4 is 5.32 Å². The minimum absolute atomic E-state index is 0.0420. The van der Waals surface area contributed by atoms with E-state index < -0.39 is 0 Å². The average Bonchev–Trinajstić information content (AvgIpc) is 3.08. The minimum Gasteiger partial charge on any atom is -0.361 e. The Morgan fingerprint density at radius 3 is 2.96 bits per heavy atom. The summed E-state index contributed by atoms with van der Waals surface area (Å²) in [6.07, 6.45) is 5.88. The number of carbonyl (C=O) groups excluding carboxylic acids is 2. The topological polar surface area (TPSA) is 78.1 Å². The van der Waals surface area contributed by atoms with E-state index in [1.807, 2.05) is 30.5 Å². The molecule has 2 amide bonds. The van der Waals surface area contributed by atoms with Crippen molar-refractivity contribution in [2.24, 2.45) is 0 Å². The van der Waals surface area contributed by atoms with E-state index in [4.69, 9.17) is 0 Å². The lowest BCUT2D eigenvalue weighted by atomic mass is 9.96. The molecule has 6 nitrogen and oxygen atoms in total. The smallest absolute Gasteiger partial charge is 0.257 e. The lowest BCUT2D eigenvalue weighted by Gasteiger charge is -2.28. The first kappa shape index (κ1) is 15.4. The molecule has 6 heteroatoms. The monoisotopic (exact) mass is 334 g/mol. The number of rotatable bonds is 2. The van der Waals surface area contributed by atoms with Gasteiger partial charge in [-0.2, -0.15) is 0 Å². The fourth-order valence-corrected chi connectivity index (χ4v) is 3.29. The molecule has 2 aromatic heterocycles. The largest absolute Gasteiger partial charge is 0.361 e. The van der Waals surface area contributed by atoms with Gasteiger partial charge in [0, 0.05) is 55.2 Å². The van der Waals surface area contributed by atoms with Crippen LogP contribution in [-0.4, -0.2) is 33.2 Å². The van der Waals surface area contributed by atoms with Gasteiger partial charge in [0.2, 0.25) is 5.91 Å². The number of nitrogens with one attached hydrogen (secondary N) is 2. The molecule has 2 N–H and O–H groups in total. The molecule has 1 aromatic carbocycles. The van der Waals surface area contributed by atoms with E-state index >= 15 is 0 Å². The van der Waals surface area contributed by atoms with Gasteiger partial charge in [0.15, 0.2) is 0 Å². The van der Waals surface area contributed by atoms with Crippen LogP contribution in [0, 0.1) is 0 Å². The molecule has 126 valence electrons. The molecule has 25 heavy (non-hydrogen) atoms. The zero-order valence-corrected chi connectivity index (χ0v) is 13.9. The Labute approximate surface area is 144 Å². The van der Waals surface area contributed by atoms with Crippen molar-refractivity contribution in [3.63, 3.8) is 0 Å². The minimum atomic E-state index is -0.171. The first-order valence-electron chi connectivity index (χ1n) is 8.21. The van der Waals surface area contributed by atoms with Crippen LogP contribution in [0.25, 0.3) is 10.9 Å². The number of aromatic amines is 1. The number of pyridine rings is 1. The third-order valence-corrected chi connectivity index (χ3v) is 4.64. The van der Waals surface area contributed by atoms with Crippen molar-refractivity contribution in [1.82, 2.24) is 14.9 Å². The summed E-state index contributed by atoms with van der Waals surface area (Å²) in [5.41, 5.74) is 4.27. The van der Waals surface area contributed by atoms with Crippen molar-refractivity contribution in [3.05, 3.63) is 59.5 Å². The van der Waals surface area contributed by atoms with E-state index in [0.29, 0.717) is 25.1 Å². The molecule has 0 fully saturated rings. The zero-order chi connectivity index (χ0) is 17.4. The molecule has 1 aliphatic heterocycles. The maximum Gasteiger partial charge on any atom is 0.257 e. The first-order chi connectivity index (χ1) is 12.1. The van der Waals surface area contributed by atoms with E-state index in [0.717, 1.165) is 27.7 Å². The summed E-state index contributed by atoms with van der Waals surface area (Å²) < 4.78 is 0. The molecule has 0 saturated carbocycles. The second kappa shape index (κ2) is 6.05. The summed E-state index contributed by atoms with van der Waals surface area (Å²) in [5.74, 6) is -0.129. The second-order valence-corrected chi connectivity index (χ2v) is 6.25. The summed E-state index contributed by atoms with van der Waals surface area (Å²) >= 11 is 0. The Morgan fingerprint density at radius 2 is 2.12 bits per heavy atom. The number of hydrogen-bond donors (Lipinski definition) is 2. The van der Waals surface area contributed by atoms with Crippen LogP contribution in [-0.2, 0) is 17.8 Å². The Morgan fingerprint density at radius 1 is 1.24 bits per heavy atom. The van der Waals surface area contributed by atoms with Gasteiger partial charge in [-0.1, -0.05) is 0 Å². The lowest BCUT2D eigenvalue weighted by molar-refractivity contribution is -0.129. The highest BCUT2D eigenvalue weighted by Crippen LogP contribution is 2.23. The maximum atomic E-state index is 12.7. The molecule has 0 atom stereocenters. The van der Waals surface area contributed by atoms with E-state index in [1.54, 1.807) is 24.2 Å². The van der Waals surface area contributed by atoms with Gasteiger partial charge in [-0.15, -0.1) is 0 Å². The molecule has 0 spiro atoms. The molecule has 0 saturated heterocycles. The molecule has 0 bridgehead atoms. The fourth-order valence-electron chi connectivity index (χ4n) is 3.29. The molecular weight excluding hydrogens is 316 g/mol. The van der Waals surface area contributed by atoms with Gasteiger partial charge in [-0.25, -0.2) is 0 Å². The molecule has 3 heterocycles. The Bertz CT molecular complexity index is 976. The third kappa shape index (κ3) is 2.87. The number of hydrogen-bond acceptors (Lipinski definition) is 3. The number of benzene rings is 1. The van der Waals surface area contributed by atoms with Crippen LogP contribution in [0.5, 0.6) is 0 Å². The number of amides is 2. The highest BCUT2D eigenvalue weighted by molar-refractivity contribution is 6.06. The van der Waals surface area contributed by atoms with Gasteiger partial charge in [0.1, 0.15) is 0 Å². The predicted octanol–water partition coefficient (Wildman–Crippen LogP) is 2.72. The van der Waals surface area contributed by atoms with Crippen molar-refractivity contribution in [3.8, 4) is 0 Å². The number of anilines is 1. The van der Waals surface area contributed by atoms with Gasteiger partial charge in [-0.05, 0) is 41.8 Å². The van der Waals surface area contributed by atoms with E-state index in [9.17, 15) is 9.59 Å². The Kier molecular flexibility index (Phi) is 3.72. The molecule has 4 rings (SSSR count). The molecule has 0 unspecified atom stereocenters. The molecule has 3 aromatic rings. The van der Waals surface area contributed by atoms with Gasteiger partial charge < -0.3 is 15.2 Å². The average molecular weight is 334 g/mol. The van der Waals surface area contributed by atoms with Crippen LogP contribution in [0.2, 0.25) is 0 Å². The second-order valence-electron chi connectivity index (χ2n) is 6.25. The summed E-state index contributed by atoms with van der Waals surface area (Å²) in [5, 5.41) is 4.00. The van der Waals surface area contributed by atoms with Crippen LogP contribution in [0.1, 0.15) is 28.4 Å².